The largest absolute Gasteiger partial charge is 0.482 e. The molecule has 9 heteroatoms. The van der Waals surface area contributed by atoms with Crippen LogP contribution in [0.1, 0.15) is 49.1 Å². The predicted molar refractivity (Wildman–Crippen MR) is 104 cm³/mol. The van der Waals surface area contributed by atoms with E-state index in [1.54, 1.807) is 19.5 Å². The molecule has 1 unspecified atom stereocenters. The number of hydrogen-bond donors (Lipinski definition) is 1. The molecule has 1 atom stereocenters. The van der Waals surface area contributed by atoms with Crippen LogP contribution in [0.5, 0.6) is 0 Å². The Kier molecular flexibility index (Phi) is 4.15. The molecule has 0 saturated heterocycles. The van der Waals surface area contributed by atoms with E-state index in [1.165, 1.54) is 0 Å². The van der Waals surface area contributed by atoms with Crippen LogP contribution in [0.4, 0.5) is 5.95 Å². The fraction of sp³-hybridized carbons (Fsp3) is 0.350. The van der Waals surface area contributed by atoms with Crippen molar-refractivity contribution in [2.24, 2.45) is 5.16 Å². The second-order valence-electron chi connectivity index (χ2n) is 7.29. The van der Waals surface area contributed by atoms with Gasteiger partial charge in [-0.1, -0.05) is 41.0 Å². The number of aromatic nitrogens is 4. The highest BCUT2D eigenvalue weighted by atomic mass is 16.7. The van der Waals surface area contributed by atoms with Crippen LogP contribution >= 0.6 is 0 Å². The lowest BCUT2D eigenvalue weighted by atomic mass is 9.64. The third-order valence-corrected chi connectivity index (χ3v) is 5.67. The van der Waals surface area contributed by atoms with Crippen molar-refractivity contribution in [2.45, 2.75) is 37.2 Å². The first-order valence-corrected chi connectivity index (χ1v) is 9.47. The van der Waals surface area contributed by atoms with Gasteiger partial charge in [-0.15, -0.1) is 0 Å². The van der Waals surface area contributed by atoms with E-state index in [0.29, 0.717) is 24.0 Å². The summed E-state index contributed by atoms with van der Waals surface area (Å²) in [7, 11) is 1.56. The van der Waals surface area contributed by atoms with Crippen molar-refractivity contribution >= 4 is 11.8 Å². The van der Waals surface area contributed by atoms with Crippen LogP contribution in [0.3, 0.4) is 0 Å². The minimum Gasteiger partial charge on any atom is -0.482 e. The molecule has 148 valence electrons. The first-order chi connectivity index (χ1) is 14.2. The van der Waals surface area contributed by atoms with Crippen molar-refractivity contribution in [3.63, 3.8) is 0 Å². The minimum atomic E-state index is -0.392. The average Bonchev–Trinajstić information content (AvgIpc) is 3.38. The van der Waals surface area contributed by atoms with Crippen LogP contribution in [0, 0.1) is 0 Å². The molecule has 2 N–H and O–H groups in total. The van der Waals surface area contributed by atoms with E-state index in [4.69, 9.17) is 19.8 Å². The summed E-state index contributed by atoms with van der Waals surface area (Å²) >= 11 is 0. The monoisotopic (exact) mass is 392 g/mol. The van der Waals surface area contributed by atoms with Gasteiger partial charge in [0, 0.05) is 18.0 Å². The third-order valence-electron chi connectivity index (χ3n) is 5.67. The average molecular weight is 392 g/mol. The number of benzene rings is 1. The molecule has 1 saturated carbocycles. The molecule has 0 amide bonds. The number of nitrogen functional groups attached to an aromatic ring is 1. The van der Waals surface area contributed by atoms with Gasteiger partial charge in [0.05, 0.1) is 18.9 Å². The molecule has 0 bridgehead atoms. The Hall–Kier alpha value is -3.49. The van der Waals surface area contributed by atoms with Crippen molar-refractivity contribution in [2.75, 3.05) is 12.8 Å². The van der Waals surface area contributed by atoms with Gasteiger partial charge in [-0.05, 0) is 24.0 Å². The lowest BCUT2D eigenvalue weighted by molar-refractivity contribution is 0.0597. The zero-order valence-electron chi connectivity index (χ0n) is 15.9. The summed E-state index contributed by atoms with van der Waals surface area (Å²) in [6, 6.07) is 8.34. The quantitative estimate of drug-likeness (QED) is 0.719. The number of anilines is 1. The lowest BCUT2D eigenvalue weighted by Crippen LogP contribution is -2.36. The van der Waals surface area contributed by atoms with E-state index in [-0.39, 0.29) is 11.4 Å². The van der Waals surface area contributed by atoms with E-state index >= 15 is 0 Å². The normalized spacial score (nSPS) is 19.9. The van der Waals surface area contributed by atoms with E-state index in [1.807, 2.05) is 0 Å². The first-order valence-electron chi connectivity index (χ1n) is 9.47. The van der Waals surface area contributed by atoms with Crippen LogP contribution in [0.2, 0.25) is 0 Å². The van der Waals surface area contributed by atoms with Gasteiger partial charge in [-0.3, -0.25) is 0 Å². The Bertz CT molecular complexity index is 1040. The van der Waals surface area contributed by atoms with Crippen molar-refractivity contribution < 1.29 is 14.1 Å². The second kappa shape index (κ2) is 6.84. The number of rotatable bonds is 4. The zero-order chi connectivity index (χ0) is 19.8. The maximum absolute atomic E-state index is 5.57. The predicted octanol–water partition coefficient (Wildman–Crippen LogP) is 3.00. The fourth-order valence-corrected chi connectivity index (χ4v) is 3.81. The van der Waals surface area contributed by atoms with Gasteiger partial charge in [0.15, 0.2) is 5.82 Å². The van der Waals surface area contributed by atoms with Gasteiger partial charge >= 0.3 is 0 Å². The zero-order valence-corrected chi connectivity index (χ0v) is 15.9. The standard InChI is InChI=1S/C20H20N6O3/c1-27-16-9-15(28-25-16)17-24-18(26-29-17)20(7-2-8-20)14-5-3-12(4-6-14)13-10-22-19(21)23-11-13/h3-6,10-11,15H,2,7-9H2,1H3,(H2,21,22,23). The van der Waals surface area contributed by atoms with Crippen molar-refractivity contribution in [3.8, 4) is 11.1 Å². The lowest BCUT2D eigenvalue weighted by Gasteiger charge is -2.39. The van der Waals surface area contributed by atoms with Gasteiger partial charge in [-0.2, -0.15) is 4.98 Å². The Morgan fingerprint density at radius 3 is 2.48 bits per heavy atom. The highest BCUT2D eigenvalue weighted by molar-refractivity contribution is 5.77. The summed E-state index contributed by atoms with van der Waals surface area (Å²) < 4.78 is 10.6. The SMILES string of the molecule is COC1=NOC(c2nc(C3(c4ccc(-c5cnc(N)nc5)cc4)CCC3)no2)C1. The summed E-state index contributed by atoms with van der Waals surface area (Å²) in [6.45, 7) is 0. The van der Waals surface area contributed by atoms with E-state index in [2.05, 4.69) is 49.5 Å². The van der Waals surface area contributed by atoms with Crippen LogP contribution < -0.4 is 5.73 Å². The summed E-state index contributed by atoms with van der Waals surface area (Å²) in [6.07, 6.45) is 6.61. The molecule has 3 aromatic rings. The number of nitrogens with two attached hydrogens (primary N) is 1. The maximum atomic E-state index is 5.57. The molecule has 3 heterocycles. The van der Waals surface area contributed by atoms with E-state index in [0.717, 1.165) is 36.0 Å². The minimum absolute atomic E-state index is 0.235. The first kappa shape index (κ1) is 17.6. The Balaban J connectivity index is 1.40. The Morgan fingerprint density at radius 1 is 1.10 bits per heavy atom. The molecule has 29 heavy (non-hydrogen) atoms. The molecular formula is C20H20N6O3. The van der Waals surface area contributed by atoms with Crippen LogP contribution in [0.25, 0.3) is 11.1 Å². The van der Waals surface area contributed by atoms with Gasteiger partial charge < -0.3 is 19.8 Å². The number of methoxy groups -OCH3 is 1. The van der Waals surface area contributed by atoms with E-state index in [9.17, 15) is 0 Å². The van der Waals surface area contributed by atoms with Crippen LogP contribution in [0.15, 0.2) is 46.3 Å². The molecule has 5 rings (SSSR count). The van der Waals surface area contributed by atoms with Crippen LogP contribution in [-0.2, 0) is 15.0 Å². The van der Waals surface area contributed by atoms with Gasteiger partial charge in [0.1, 0.15) is 0 Å². The maximum Gasteiger partial charge on any atom is 0.271 e. The van der Waals surface area contributed by atoms with Crippen LogP contribution in [-0.4, -0.2) is 33.1 Å². The highest BCUT2D eigenvalue weighted by Gasteiger charge is 2.45. The summed E-state index contributed by atoms with van der Waals surface area (Å²) in [5.74, 6) is 1.91. The van der Waals surface area contributed by atoms with E-state index < -0.39 is 6.10 Å². The topological polar surface area (TPSA) is 122 Å². The van der Waals surface area contributed by atoms with Gasteiger partial charge in [0.2, 0.25) is 18.0 Å². The molecule has 2 aliphatic rings. The number of ether oxygens (including phenoxy) is 1. The van der Waals surface area contributed by atoms with Crippen molar-refractivity contribution in [3.05, 3.63) is 53.9 Å². The molecule has 1 aliphatic heterocycles. The fourth-order valence-electron chi connectivity index (χ4n) is 3.81. The summed E-state index contributed by atoms with van der Waals surface area (Å²) in [5, 5.41) is 8.15. The number of hydrogen-bond acceptors (Lipinski definition) is 9. The molecule has 0 radical (unpaired) electrons. The smallest absolute Gasteiger partial charge is 0.271 e. The second-order valence-corrected chi connectivity index (χ2v) is 7.29. The Morgan fingerprint density at radius 2 is 1.86 bits per heavy atom. The molecule has 1 aromatic carbocycles. The Labute approximate surface area is 166 Å². The van der Waals surface area contributed by atoms with Gasteiger partial charge in [-0.25, -0.2) is 9.97 Å². The molecule has 9 nitrogen and oxygen atoms in total. The van der Waals surface area contributed by atoms with Crippen molar-refractivity contribution in [1.29, 1.82) is 0 Å². The third kappa shape index (κ3) is 2.98. The molecule has 1 aliphatic carbocycles. The molecule has 1 fully saturated rings. The number of oxime groups is 1. The molecular weight excluding hydrogens is 372 g/mol. The number of nitrogens with zero attached hydrogens (tertiary/aromatic N) is 5. The molecule has 0 spiro atoms. The van der Waals surface area contributed by atoms with Gasteiger partial charge in [0.25, 0.3) is 5.89 Å². The summed E-state index contributed by atoms with van der Waals surface area (Å²) in [4.78, 5) is 18.1. The van der Waals surface area contributed by atoms with Crippen molar-refractivity contribution in [1.82, 2.24) is 20.1 Å². The highest BCUT2D eigenvalue weighted by Crippen LogP contribution is 2.48. The summed E-state index contributed by atoms with van der Waals surface area (Å²) in [5.41, 5.74) is 8.45. The molecule has 2 aromatic heterocycles.